The molecule has 1 aliphatic rings. The van der Waals surface area contributed by atoms with Gasteiger partial charge in [0.1, 0.15) is 0 Å². The molecule has 1 fully saturated rings. The fourth-order valence-electron chi connectivity index (χ4n) is 2.05. The first-order valence-corrected chi connectivity index (χ1v) is 4.99. The number of hydrogen-bond donors (Lipinski definition) is 0. The lowest BCUT2D eigenvalue weighted by Crippen LogP contribution is -2.27. The van der Waals surface area contributed by atoms with Crippen molar-refractivity contribution < 1.29 is 19.1 Å². The van der Waals surface area contributed by atoms with Crippen LogP contribution < -0.4 is 0 Å². The van der Waals surface area contributed by atoms with Gasteiger partial charge in [0, 0.05) is 0 Å². The molecule has 1 aliphatic carbocycles. The summed E-state index contributed by atoms with van der Waals surface area (Å²) in [5.41, 5.74) is 0. The van der Waals surface area contributed by atoms with E-state index in [9.17, 15) is 9.59 Å². The molecule has 80 valence electrons. The fraction of sp³-hybridized carbons (Fsp3) is 0.800. The molecule has 4 heteroatoms. The van der Waals surface area contributed by atoms with Crippen molar-refractivity contribution in [3.63, 3.8) is 0 Å². The molecule has 0 aliphatic heterocycles. The van der Waals surface area contributed by atoms with Crippen LogP contribution in [0, 0.1) is 11.8 Å². The zero-order chi connectivity index (χ0) is 10.2. The van der Waals surface area contributed by atoms with Crippen LogP contribution >= 0.6 is 0 Å². The minimum atomic E-state index is 0.355. The highest BCUT2D eigenvalue weighted by Gasteiger charge is 2.25. The van der Waals surface area contributed by atoms with Crippen molar-refractivity contribution in [3.8, 4) is 0 Å². The summed E-state index contributed by atoms with van der Waals surface area (Å²) in [4.78, 5) is 20.1. The van der Waals surface area contributed by atoms with E-state index in [-0.39, 0.29) is 0 Å². The Hall–Kier alpha value is -1.06. The first-order chi connectivity index (χ1) is 6.88. The van der Waals surface area contributed by atoms with Crippen molar-refractivity contribution >= 4 is 12.9 Å². The third kappa shape index (κ3) is 3.36. The summed E-state index contributed by atoms with van der Waals surface area (Å²) < 4.78 is 9.52. The van der Waals surface area contributed by atoms with Gasteiger partial charge in [0.25, 0.3) is 12.9 Å². The molecule has 0 saturated heterocycles. The summed E-state index contributed by atoms with van der Waals surface area (Å²) >= 11 is 0. The maximum atomic E-state index is 10.1. The van der Waals surface area contributed by atoms with Crippen LogP contribution in [-0.2, 0) is 19.1 Å². The molecule has 0 amide bonds. The van der Waals surface area contributed by atoms with Gasteiger partial charge >= 0.3 is 0 Å². The maximum Gasteiger partial charge on any atom is 0.293 e. The van der Waals surface area contributed by atoms with E-state index in [1.54, 1.807) is 0 Å². The second-order valence-corrected chi connectivity index (χ2v) is 3.66. The van der Waals surface area contributed by atoms with Crippen LogP contribution in [0.25, 0.3) is 0 Å². The van der Waals surface area contributed by atoms with E-state index in [0.717, 1.165) is 12.8 Å². The molecule has 4 nitrogen and oxygen atoms in total. The largest absolute Gasteiger partial charge is 0.468 e. The second kappa shape index (κ2) is 6.40. The Morgan fingerprint density at radius 2 is 1.36 bits per heavy atom. The van der Waals surface area contributed by atoms with Gasteiger partial charge in [-0.2, -0.15) is 0 Å². The van der Waals surface area contributed by atoms with Gasteiger partial charge in [-0.25, -0.2) is 0 Å². The Balaban J connectivity index is 2.33. The molecule has 1 saturated carbocycles. The number of ether oxygens (including phenoxy) is 2. The average molecular weight is 200 g/mol. The lowest BCUT2D eigenvalue weighted by molar-refractivity contribution is -0.135. The van der Waals surface area contributed by atoms with Crippen LogP contribution in [0.3, 0.4) is 0 Å². The summed E-state index contributed by atoms with van der Waals surface area (Å²) in [6, 6.07) is 0. The van der Waals surface area contributed by atoms with Crippen molar-refractivity contribution in [1.29, 1.82) is 0 Å². The predicted octanol–water partition coefficient (Wildman–Crippen LogP) is 1.14. The molecule has 0 heterocycles. The number of carbonyl (C=O) groups is 2. The molecule has 0 bridgehead atoms. The van der Waals surface area contributed by atoms with Crippen LogP contribution in [0.15, 0.2) is 0 Å². The summed E-state index contributed by atoms with van der Waals surface area (Å²) in [5.74, 6) is 0.711. The van der Waals surface area contributed by atoms with Crippen molar-refractivity contribution in [3.05, 3.63) is 0 Å². The molecule has 0 spiro atoms. The number of hydrogen-bond acceptors (Lipinski definition) is 4. The highest BCUT2D eigenvalue weighted by Crippen LogP contribution is 2.30. The van der Waals surface area contributed by atoms with Crippen LogP contribution in [0.4, 0.5) is 0 Å². The van der Waals surface area contributed by atoms with Gasteiger partial charge in [-0.1, -0.05) is 12.8 Å². The summed E-state index contributed by atoms with van der Waals surface area (Å²) in [6.07, 6.45) is 4.45. The Bertz CT molecular complexity index is 161. The van der Waals surface area contributed by atoms with Crippen LogP contribution in [0.1, 0.15) is 25.7 Å². The molecule has 0 aromatic carbocycles. The van der Waals surface area contributed by atoms with Gasteiger partial charge in [0.15, 0.2) is 0 Å². The molecule has 1 rings (SSSR count). The third-order valence-corrected chi connectivity index (χ3v) is 2.82. The quantitative estimate of drug-likeness (QED) is 0.603. The minimum Gasteiger partial charge on any atom is -0.468 e. The van der Waals surface area contributed by atoms with Crippen molar-refractivity contribution in [1.82, 2.24) is 0 Å². The van der Waals surface area contributed by atoms with Gasteiger partial charge in [-0.15, -0.1) is 0 Å². The van der Waals surface area contributed by atoms with Crippen molar-refractivity contribution in [2.45, 2.75) is 25.7 Å². The monoisotopic (exact) mass is 200 g/mol. The van der Waals surface area contributed by atoms with Crippen LogP contribution in [0.2, 0.25) is 0 Å². The second-order valence-electron chi connectivity index (χ2n) is 3.66. The first-order valence-electron chi connectivity index (χ1n) is 4.99. The molecule has 2 unspecified atom stereocenters. The Kier molecular flexibility index (Phi) is 5.04. The maximum absolute atomic E-state index is 10.1. The van der Waals surface area contributed by atoms with Gasteiger partial charge in [0.05, 0.1) is 13.2 Å². The third-order valence-electron chi connectivity index (χ3n) is 2.82. The summed E-state index contributed by atoms with van der Waals surface area (Å²) in [7, 11) is 0. The SMILES string of the molecule is O=COCC1CCCCC1COC=O. The van der Waals surface area contributed by atoms with Gasteiger partial charge < -0.3 is 9.47 Å². The van der Waals surface area contributed by atoms with E-state index >= 15 is 0 Å². The van der Waals surface area contributed by atoms with Crippen LogP contribution in [-0.4, -0.2) is 26.2 Å². The average Bonchev–Trinajstić information content (AvgIpc) is 2.24. The Labute approximate surface area is 83.6 Å². The van der Waals surface area contributed by atoms with Crippen molar-refractivity contribution in [2.75, 3.05) is 13.2 Å². The standard InChI is InChI=1S/C10H16O4/c11-7-13-5-9-3-1-2-4-10(9)6-14-8-12/h7-10H,1-6H2. The van der Waals surface area contributed by atoms with E-state index in [1.807, 2.05) is 0 Å². The Morgan fingerprint density at radius 3 is 1.71 bits per heavy atom. The van der Waals surface area contributed by atoms with E-state index in [1.165, 1.54) is 12.8 Å². The highest BCUT2D eigenvalue weighted by molar-refractivity contribution is 5.37. The van der Waals surface area contributed by atoms with E-state index in [4.69, 9.17) is 9.47 Å². The van der Waals surface area contributed by atoms with Crippen molar-refractivity contribution in [2.24, 2.45) is 11.8 Å². The number of carbonyl (C=O) groups excluding carboxylic acids is 2. The molecule has 0 aromatic rings. The summed E-state index contributed by atoms with van der Waals surface area (Å²) in [5, 5.41) is 0. The molecule has 0 radical (unpaired) electrons. The van der Waals surface area contributed by atoms with Crippen LogP contribution in [0.5, 0.6) is 0 Å². The zero-order valence-corrected chi connectivity index (χ0v) is 8.19. The van der Waals surface area contributed by atoms with Gasteiger partial charge in [0.2, 0.25) is 0 Å². The summed E-state index contributed by atoms with van der Waals surface area (Å²) in [6.45, 7) is 1.87. The van der Waals surface area contributed by atoms with Gasteiger partial charge in [-0.05, 0) is 24.7 Å². The Morgan fingerprint density at radius 1 is 0.929 bits per heavy atom. The molecular formula is C10H16O4. The highest BCUT2D eigenvalue weighted by atomic mass is 16.5. The normalized spacial score (nSPS) is 26.6. The fourth-order valence-corrected chi connectivity index (χ4v) is 2.05. The predicted molar refractivity (Wildman–Crippen MR) is 49.5 cm³/mol. The molecule has 14 heavy (non-hydrogen) atoms. The molecule has 0 N–H and O–H groups in total. The van der Waals surface area contributed by atoms with Gasteiger partial charge in [-0.3, -0.25) is 9.59 Å². The van der Waals surface area contributed by atoms with E-state index in [2.05, 4.69) is 0 Å². The zero-order valence-electron chi connectivity index (χ0n) is 8.19. The molecule has 2 atom stereocenters. The smallest absolute Gasteiger partial charge is 0.293 e. The first kappa shape index (κ1) is 11.0. The topological polar surface area (TPSA) is 52.6 Å². The minimum absolute atomic E-state index is 0.355. The van der Waals surface area contributed by atoms with E-state index < -0.39 is 0 Å². The lowest BCUT2D eigenvalue weighted by Gasteiger charge is -2.29. The number of rotatable bonds is 6. The molecule has 0 aromatic heterocycles. The lowest BCUT2D eigenvalue weighted by atomic mass is 9.80. The van der Waals surface area contributed by atoms with E-state index in [0.29, 0.717) is 38.0 Å². The molecular weight excluding hydrogens is 184 g/mol.